The van der Waals surface area contributed by atoms with E-state index in [1.165, 1.54) is 20.0 Å². The molecule has 118 valence electrons. The standard InChI is InChI=1S/C15H30N2O3/c1-5-20-12-11-17(3)10-6-9-15(2,14(18)19-4)16-13-7-8-13/h13,16H,5-12H2,1-4H3. The number of carbonyl (C=O) groups is 1. The van der Waals surface area contributed by atoms with Gasteiger partial charge in [0.1, 0.15) is 5.54 Å². The predicted molar refractivity (Wildman–Crippen MR) is 79.8 cm³/mol. The van der Waals surface area contributed by atoms with Crippen LogP contribution in [-0.4, -0.2) is 62.9 Å². The average Bonchev–Trinajstić information content (AvgIpc) is 3.21. The van der Waals surface area contributed by atoms with E-state index in [4.69, 9.17) is 9.47 Å². The summed E-state index contributed by atoms with van der Waals surface area (Å²) in [6.07, 6.45) is 4.10. The highest BCUT2D eigenvalue weighted by Gasteiger charge is 2.38. The van der Waals surface area contributed by atoms with Crippen molar-refractivity contribution in [2.24, 2.45) is 0 Å². The summed E-state index contributed by atoms with van der Waals surface area (Å²) in [7, 11) is 3.55. The van der Waals surface area contributed by atoms with Gasteiger partial charge >= 0.3 is 5.97 Å². The largest absolute Gasteiger partial charge is 0.468 e. The summed E-state index contributed by atoms with van der Waals surface area (Å²) in [5, 5.41) is 3.43. The Morgan fingerprint density at radius 2 is 2.10 bits per heavy atom. The summed E-state index contributed by atoms with van der Waals surface area (Å²) >= 11 is 0. The molecule has 1 fully saturated rings. The van der Waals surface area contributed by atoms with Crippen molar-refractivity contribution in [2.45, 2.75) is 51.1 Å². The van der Waals surface area contributed by atoms with Gasteiger partial charge in [0.2, 0.25) is 0 Å². The van der Waals surface area contributed by atoms with E-state index in [9.17, 15) is 4.79 Å². The quantitative estimate of drug-likeness (QED) is 0.460. The second-order valence-corrected chi connectivity index (χ2v) is 5.85. The maximum Gasteiger partial charge on any atom is 0.325 e. The van der Waals surface area contributed by atoms with Gasteiger partial charge in [0.25, 0.3) is 0 Å². The highest BCUT2D eigenvalue weighted by Crippen LogP contribution is 2.25. The molecule has 1 saturated carbocycles. The zero-order chi connectivity index (χ0) is 15.0. The first-order valence-electron chi connectivity index (χ1n) is 7.64. The number of carbonyl (C=O) groups excluding carboxylic acids is 1. The molecule has 1 aliphatic rings. The van der Waals surface area contributed by atoms with Gasteiger partial charge in [0.15, 0.2) is 0 Å². The third kappa shape index (κ3) is 6.20. The number of ether oxygens (including phenoxy) is 2. The highest BCUT2D eigenvalue weighted by molar-refractivity contribution is 5.80. The van der Waals surface area contributed by atoms with Gasteiger partial charge in [-0.25, -0.2) is 0 Å². The fraction of sp³-hybridized carbons (Fsp3) is 0.933. The van der Waals surface area contributed by atoms with Crippen LogP contribution in [0.5, 0.6) is 0 Å². The lowest BCUT2D eigenvalue weighted by Gasteiger charge is -2.29. The van der Waals surface area contributed by atoms with Crippen LogP contribution in [0, 0.1) is 0 Å². The van der Waals surface area contributed by atoms with E-state index >= 15 is 0 Å². The van der Waals surface area contributed by atoms with Crippen molar-refractivity contribution >= 4 is 5.97 Å². The van der Waals surface area contributed by atoms with Gasteiger partial charge in [-0.2, -0.15) is 0 Å². The zero-order valence-corrected chi connectivity index (χ0v) is 13.4. The predicted octanol–water partition coefficient (Wildman–Crippen LogP) is 1.42. The van der Waals surface area contributed by atoms with Crippen LogP contribution in [0.15, 0.2) is 0 Å². The minimum absolute atomic E-state index is 0.152. The SMILES string of the molecule is CCOCCN(C)CCCC(C)(NC1CC1)C(=O)OC. The van der Waals surface area contributed by atoms with Gasteiger partial charge < -0.3 is 14.4 Å². The number of rotatable bonds is 11. The molecule has 0 bridgehead atoms. The van der Waals surface area contributed by atoms with Gasteiger partial charge in [-0.1, -0.05) is 0 Å². The maximum atomic E-state index is 12.0. The van der Waals surface area contributed by atoms with Crippen molar-refractivity contribution in [2.75, 3.05) is 40.5 Å². The molecule has 0 saturated heterocycles. The normalized spacial score (nSPS) is 18.1. The maximum absolute atomic E-state index is 12.0. The van der Waals surface area contributed by atoms with Gasteiger partial charge in [0, 0.05) is 19.2 Å². The Kier molecular flexibility index (Phi) is 7.48. The summed E-state index contributed by atoms with van der Waals surface area (Å²) in [6, 6.07) is 0.495. The Morgan fingerprint density at radius 1 is 1.40 bits per heavy atom. The number of methoxy groups -OCH3 is 1. The third-order valence-corrected chi connectivity index (χ3v) is 3.77. The van der Waals surface area contributed by atoms with Crippen LogP contribution in [0.25, 0.3) is 0 Å². The monoisotopic (exact) mass is 286 g/mol. The second-order valence-electron chi connectivity index (χ2n) is 5.85. The average molecular weight is 286 g/mol. The van der Waals surface area contributed by atoms with E-state index in [1.54, 1.807) is 0 Å². The van der Waals surface area contributed by atoms with E-state index in [2.05, 4.69) is 17.3 Å². The fourth-order valence-electron chi connectivity index (χ4n) is 2.32. The first kappa shape index (κ1) is 17.4. The van der Waals surface area contributed by atoms with E-state index in [0.29, 0.717) is 6.04 Å². The van der Waals surface area contributed by atoms with Crippen LogP contribution >= 0.6 is 0 Å². The fourth-order valence-corrected chi connectivity index (χ4v) is 2.32. The van der Waals surface area contributed by atoms with Crippen LogP contribution in [-0.2, 0) is 14.3 Å². The van der Waals surface area contributed by atoms with Crippen LogP contribution in [0.1, 0.15) is 39.5 Å². The van der Waals surface area contributed by atoms with Crippen molar-refractivity contribution in [1.29, 1.82) is 0 Å². The molecule has 1 atom stereocenters. The lowest BCUT2D eigenvalue weighted by molar-refractivity contribution is -0.148. The zero-order valence-electron chi connectivity index (χ0n) is 13.4. The number of likely N-dealkylation sites (N-methyl/N-ethyl adjacent to an activating group) is 1. The summed E-state index contributed by atoms with van der Waals surface area (Å²) in [4.78, 5) is 14.2. The van der Waals surface area contributed by atoms with Crippen molar-refractivity contribution in [1.82, 2.24) is 10.2 Å². The molecule has 1 N–H and O–H groups in total. The number of esters is 1. The minimum Gasteiger partial charge on any atom is -0.468 e. The molecule has 1 aliphatic carbocycles. The third-order valence-electron chi connectivity index (χ3n) is 3.77. The first-order chi connectivity index (χ1) is 9.51. The van der Waals surface area contributed by atoms with E-state index < -0.39 is 5.54 Å². The van der Waals surface area contributed by atoms with Crippen LogP contribution in [0.2, 0.25) is 0 Å². The Morgan fingerprint density at radius 3 is 2.65 bits per heavy atom. The molecule has 20 heavy (non-hydrogen) atoms. The van der Waals surface area contributed by atoms with Gasteiger partial charge in [0.05, 0.1) is 13.7 Å². The molecule has 1 rings (SSSR count). The van der Waals surface area contributed by atoms with Crippen LogP contribution in [0.4, 0.5) is 0 Å². The van der Waals surface area contributed by atoms with E-state index in [1.807, 2.05) is 13.8 Å². The van der Waals surface area contributed by atoms with Gasteiger partial charge in [-0.15, -0.1) is 0 Å². The molecule has 0 radical (unpaired) electrons. The lowest BCUT2D eigenvalue weighted by Crippen LogP contribution is -2.51. The molecule has 5 heteroatoms. The highest BCUT2D eigenvalue weighted by atomic mass is 16.5. The van der Waals surface area contributed by atoms with Gasteiger partial charge in [-0.05, 0) is 53.1 Å². The van der Waals surface area contributed by atoms with Crippen LogP contribution < -0.4 is 5.32 Å². The van der Waals surface area contributed by atoms with Gasteiger partial charge in [-0.3, -0.25) is 10.1 Å². The van der Waals surface area contributed by atoms with Crippen molar-refractivity contribution in [3.63, 3.8) is 0 Å². The number of nitrogens with one attached hydrogen (secondary N) is 1. The molecule has 0 heterocycles. The summed E-state index contributed by atoms with van der Waals surface area (Å²) in [5.41, 5.74) is -0.545. The van der Waals surface area contributed by atoms with Crippen molar-refractivity contribution < 1.29 is 14.3 Å². The topological polar surface area (TPSA) is 50.8 Å². The molecule has 0 aromatic rings. The summed E-state index contributed by atoms with van der Waals surface area (Å²) in [6.45, 7) is 7.38. The molecule has 0 spiro atoms. The molecular weight excluding hydrogens is 256 g/mol. The molecule has 5 nitrogen and oxygen atoms in total. The lowest BCUT2D eigenvalue weighted by atomic mass is 9.95. The van der Waals surface area contributed by atoms with Crippen molar-refractivity contribution in [3.8, 4) is 0 Å². The van der Waals surface area contributed by atoms with E-state index in [-0.39, 0.29) is 5.97 Å². The number of nitrogens with zero attached hydrogens (tertiary/aromatic N) is 1. The van der Waals surface area contributed by atoms with E-state index in [0.717, 1.165) is 39.1 Å². The number of hydrogen-bond donors (Lipinski definition) is 1. The Hall–Kier alpha value is -0.650. The van der Waals surface area contributed by atoms with Crippen molar-refractivity contribution in [3.05, 3.63) is 0 Å². The Labute approximate surface area is 123 Å². The Balaban J connectivity index is 2.28. The second kappa shape index (κ2) is 8.60. The molecule has 0 aliphatic heterocycles. The minimum atomic E-state index is -0.545. The smallest absolute Gasteiger partial charge is 0.325 e. The summed E-state index contributed by atoms with van der Waals surface area (Å²) < 4.78 is 10.3. The first-order valence-corrected chi connectivity index (χ1v) is 7.64. The number of hydrogen-bond acceptors (Lipinski definition) is 5. The molecule has 0 amide bonds. The summed E-state index contributed by atoms with van der Waals surface area (Å²) in [5.74, 6) is -0.152. The Bertz CT molecular complexity index is 295. The van der Waals surface area contributed by atoms with Crippen LogP contribution in [0.3, 0.4) is 0 Å². The molecular formula is C15H30N2O3. The molecule has 0 aromatic heterocycles. The molecule has 1 unspecified atom stereocenters. The molecule has 0 aromatic carbocycles.